The van der Waals surface area contributed by atoms with Crippen molar-refractivity contribution in [1.29, 1.82) is 5.26 Å². The molecule has 0 radical (unpaired) electrons. The van der Waals surface area contributed by atoms with Gasteiger partial charge in [0.15, 0.2) is 0 Å². The lowest BCUT2D eigenvalue weighted by molar-refractivity contribution is -0.0195. The van der Waals surface area contributed by atoms with E-state index in [1.165, 1.54) is 86.2 Å². The molecule has 4 nitrogen and oxygen atoms in total. The van der Waals surface area contributed by atoms with Gasteiger partial charge in [-0.3, -0.25) is 0 Å². The lowest BCUT2D eigenvalue weighted by atomic mass is 9.52. The highest BCUT2D eigenvalue weighted by Crippen LogP contribution is 2.62. The molecule has 0 aromatic heterocycles. The molecule has 1 unspecified atom stereocenters. The van der Waals surface area contributed by atoms with Crippen molar-refractivity contribution < 1.29 is 4.74 Å². The van der Waals surface area contributed by atoms with Crippen LogP contribution in [0.5, 0.6) is 0 Å². The number of rotatable bonds is 9. The second-order valence-electron chi connectivity index (χ2n) is 17.9. The minimum Gasteiger partial charge on any atom is -0.461 e. The fourth-order valence-corrected chi connectivity index (χ4v) is 12.6. The van der Waals surface area contributed by atoms with Crippen molar-refractivity contribution in [3.05, 3.63) is 81.3 Å². The molecular weight excluding hydrogens is 591 g/mol. The van der Waals surface area contributed by atoms with Crippen LogP contribution in [0.1, 0.15) is 121 Å². The van der Waals surface area contributed by atoms with Crippen molar-refractivity contribution in [3.63, 3.8) is 0 Å². The molecule has 3 aliphatic heterocycles. The number of ether oxygens (including phenoxy) is 1. The standard InChI is InChI=1S/C42H57N3OSi/c1-9-10-11-14-41-15-18-42(19-16-41,20-17-41)37-28-32(36(29-43)44-5)27-33(46-37)13-12-31-25-34-38-35(26-31)40(4,30-47(6,7)8)22-24-45(38)23-21-39(34,2)3/h12-13,25-28H,9-11,14-24,30H2,1-4,6-8H3/b13-12+,36-32+. The molecule has 6 aliphatic rings. The van der Waals surface area contributed by atoms with E-state index in [1.807, 2.05) is 12.2 Å². The molecule has 1 aromatic rings. The summed E-state index contributed by atoms with van der Waals surface area (Å²) in [6.07, 6.45) is 23.2. The van der Waals surface area contributed by atoms with Gasteiger partial charge in [-0.1, -0.05) is 72.7 Å². The Hall–Kier alpha value is -3.02. The highest BCUT2D eigenvalue weighted by molar-refractivity contribution is 6.76. The highest BCUT2D eigenvalue weighted by atomic mass is 28.3. The van der Waals surface area contributed by atoms with E-state index in [2.05, 4.69) is 87.4 Å². The normalized spacial score (nSPS) is 30.5. The minimum absolute atomic E-state index is 0.00975. The smallest absolute Gasteiger partial charge is 0.269 e. The molecule has 47 heavy (non-hydrogen) atoms. The number of anilines is 1. The second kappa shape index (κ2) is 12.5. The van der Waals surface area contributed by atoms with Gasteiger partial charge in [-0.15, -0.1) is 0 Å². The van der Waals surface area contributed by atoms with E-state index >= 15 is 0 Å². The third-order valence-electron chi connectivity index (χ3n) is 12.7. The van der Waals surface area contributed by atoms with Gasteiger partial charge in [-0.25, -0.2) is 10.1 Å². The van der Waals surface area contributed by atoms with Crippen LogP contribution in [0.3, 0.4) is 0 Å². The van der Waals surface area contributed by atoms with Gasteiger partial charge in [0.25, 0.3) is 5.70 Å². The van der Waals surface area contributed by atoms with E-state index in [4.69, 9.17) is 11.3 Å². The summed E-state index contributed by atoms with van der Waals surface area (Å²) in [5.41, 5.74) is 7.40. The highest BCUT2D eigenvalue weighted by Gasteiger charge is 2.51. The van der Waals surface area contributed by atoms with Crippen LogP contribution >= 0.6 is 0 Å². The monoisotopic (exact) mass is 647 g/mol. The average Bonchev–Trinajstić information content (AvgIpc) is 3.04. The number of nitrogens with zero attached hydrogens (tertiary/aromatic N) is 3. The van der Waals surface area contributed by atoms with E-state index in [-0.39, 0.29) is 21.9 Å². The number of hydrogen-bond acceptors (Lipinski definition) is 3. The SMILES string of the molecule is [C-]#[N+]/C(C#N)=C1C=C(/C=C/c2cc3c4c(c2)C(C)(C[Si](C)(C)C)CCN4CCC3(C)C)OC(C23CCC(CCCCC)(CC2)CC3)=C\1. The van der Waals surface area contributed by atoms with Gasteiger partial charge in [0.1, 0.15) is 11.5 Å². The summed E-state index contributed by atoms with van der Waals surface area (Å²) in [5, 5.41) is 9.87. The molecule has 7 rings (SSSR count). The maximum Gasteiger partial charge on any atom is 0.269 e. The molecule has 1 atom stereocenters. The van der Waals surface area contributed by atoms with Gasteiger partial charge in [0.05, 0.1) is 12.6 Å². The third kappa shape index (κ3) is 6.55. The van der Waals surface area contributed by atoms with Crippen molar-refractivity contribution in [1.82, 2.24) is 0 Å². The van der Waals surface area contributed by atoms with Crippen LogP contribution in [-0.2, 0) is 15.6 Å². The predicted molar refractivity (Wildman–Crippen MR) is 199 cm³/mol. The lowest BCUT2D eigenvalue weighted by Gasteiger charge is -2.54. The summed E-state index contributed by atoms with van der Waals surface area (Å²) in [6, 6.07) is 8.36. The summed E-state index contributed by atoms with van der Waals surface area (Å²) in [7, 11) is -1.31. The van der Waals surface area contributed by atoms with Gasteiger partial charge in [-0.05, 0) is 133 Å². The first-order valence-corrected chi connectivity index (χ1v) is 22.2. The number of benzene rings is 1. The largest absolute Gasteiger partial charge is 0.461 e. The molecule has 0 N–H and O–H groups in total. The number of unbranched alkanes of at least 4 members (excludes halogenated alkanes) is 2. The molecule has 0 saturated heterocycles. The van der Waals surface area contributed by atoms with Crippen molar-refractivity contribution >= 4 is 19.8 Å². The summed E-state index contributed by atoms with van der Waals surface area (Å²) in [6.45, 7) is 27.2. The summed E-state index contributed by atoms with van der Waals surface area (Å²) in [5.74, 6) is 1.72. The molecule has 1 aromatic carbocycles. The van der Waals surface area contributed by atoms with Crippen molar-refractivity contribution in [3.8, 4) is 6.07 Å². The average molecular weight is 648 g/mol. The van der Waals surface area contributed by atoms with E-state index in [9.17, 15) is 5.26 Å². The Balaban J connectivity index is 1.34. The fraction of sp³-hybridized carbons (Fsp3) is 0.619. The van der Waals surface area contributed by atoms with E-state index < -0.39 is 8.07 Å². The van der Waals surface area contributed by atoms with Crippen molar-refractivity contribution in [2.75, 3.05) is 18.0 Å². The molecule has 0 spiro atoms. The van der Waals surface area contributed by atoms with E-state index in [1.54, 1.807) is 0 Å². The predicted octanol–water partition coefficient (Wildman–Crippen LogP) is 11.6. The van der Waals surface area contributed by atoms with Crippen molar-refractivity contribution in [2.24, 2.45) is 10.8 Å². The summed E-state index contributed by atoms with van der Waals surface area (Å²) >= 11 is 0. The molecular formula is C42H57N3OSi. The minimum atomic E-state index is -1.31. The molecule has 0 amide bonds. The summed E-state index contributed by atoms with van der Waals surface area (Å²) in [4.78, 5) is 6.28. The van der Waals surface area contributed by atoms with Gasteiger partial charge < -0.3 is 9.64 Å². The van der Waals surface area contributed by atoms with Crippen LogP contribution < -0.4 is 4.90 Å². The van der Waals surface area contributed by atoms with Crippen molar-refractivity contribution in [2.45, 2.75) is 141 Å². The van der Waals surface area contributed by atoms with Crippen LogP contribution in [-0.4, -0.2) is 21.2 Å². The molecule has 3 fully saturated rings. The van der Waals surface area contributed by atoms with E-state index in [0.29, 0.717) is 11.0 Å². The molecule has 3 heterocycles. The first-order valence-electron chi connectivity index (χ1n) is 18.5. The van der Waals surface area contributed by atoms with Gasteiger partial charge in [-0.2, -0.15) is 0 Å². The zero-order valence-electron chi connectivity index (χ0n) is 30.3. The second-order valence-corrected chi connectivity index (χ2v) is 23.4. The Kier molecular flexibility index (Phi) is 8.97. The summed E-state index contributed by atoms with van der Waals surface area (Å²) < 4.78 is 6.80. The van der Waals surface area contributed by atoms with Crippen LogP contribution in [0.2, 0.25) is 25.7 Å². The first-order chi connectivity index (χ1) is 22.2. The van der Waals surface area contributed by atoms with Gasteiger partial charge in [0.2, 0.25) is 0 Å². The maximum atomic E-state index is 9.87. The Bertz CT molecular complexity index is 1580. The molecule has 250 valence electrons. The molecule has 3 aliphatic carbocycles. The van der Waals surface area contributed by atoms with Crippen LogP contribution in [0.25, 0.3) is 10.9 Å². The van der Waals surface area contributed by atoms with Crippen LogP contribution in [0, 0.1) is 28.7 Å². The first kappa shape index (κ1) is 33.9. The van der Waals surface area contributed by atoms with Crippen LogP contribution in [0.15, 0.2) is 53.1 Å². The third-order valence-corrected chi connectivity index (χ3v) is 14.5. The number of fused-ring (bicyclic) bond motifs is 3. The van der Waals surface area contributed by atoms with Gasteiger partial charge in [0, 0.05) is 32.3 Å². The van der Waals surface area contributed by atoms with Crippen LogP contribution in [0.4, 0.5) is 5.69 Å². The Labute approximate surface area is 286 Å². The number of hydrogen-bond donors (Lipinski definition) is 0. The number of nitriles is 1. The fourth-order valence-electron chi connectivity index (χ4n) is 9.92. The maximum absolute atomic E-state index is 9.87. The lowest BCUT2D eigenvalue weighted by Crippen LogP contribution is -2.47. The van der Waals surface area contributed by atoms with Gasteiger partial charge >= 0.3 is 0 Å². The molecule has 3 saturated carbocycles. The molecule has 5 heteroatoms. The van der Waals surface area contributed by atoms with E-state index in [0.717, 1.165) is 43.9 Å². The Morgan fingerprint density at radius 2 is 1.64 bits per heavy atom. The quantitative estimate of drug-likeness (QED) is 0.116. The zero-order valence-corrected chi connectivity index (χ0v) is 31.3. The zero-order chi connectivity index (χ0) is 33.7. The number of allylic oxidation sites excluding steroid dienone is 6. The Morgan fingerprint density at radius 3 is 2.28 bits per heavy atom. The Morgan fingerprint density at radius 1 is 0.957 bits per heavy atom. The molecule has 2 bridgehead atoms. The topological polar surface area (TPSA) is 40.6 Å².